The number of methoxy groups -OCH3 is 1. The maximum Gasteiger partial charge on any atom is 0.416 e. The smallest absolute Gasteiger partial charge is 0.416 e. The van der Waals surface area contributed by atoms with Crippen LogP contribution in [0.15, 0.2) is 42.5 Å². The van der Waals surface area contributed by atoms with Gasteiger partial charge in [0.2, 0.25) is 0 Å². The van der Waals surface area contributed by atoms with E-state index in [0.717, 1.165) is 12.1 Å². The van der Waals surface area contributed by atoms with Gasteiger partial charge in [0.25, 0.3) is 5.91 Å². The van der Waals surface area contributed by atoms with Gasteiger partial charge in [-0.1, -0.05) is 18.2 Å². The zero-order valence-electron chi connectivity index (χ0n) is 14.0. The molecule has 138 valence electrons. The van der Waals surface area contributed by atoms with Gasteiger partial charge in [-0.25, -0.2) is 4.79 Å². The molecule has 0 aromatic heterocycles. The lowest BCUT2D eigenvalue weighted by Gasteiger charge is -2.13. The van der Waals surface area contributed by atoms with Crippen LogP contribution in [0.1, 0.15) is 21.5 Å². The molecular weight excluding hydrogens is 351 g/mol. The largest absolute Gasteiger partial charge is 0.484 e. The first-order valence-corrected chi connectivity index (χ1v) is 7.50. The van der Waals surface area contributed by atoms with Crippen LogP contribution in [0.25, 0.3) is 0 Å². The first-order valence-electron chi connectivity index (χ1n) is 7.50. The van der Waals surface area contributed by atoms with Crippen LogP contribution in [0.2, 0.25) is 0 Å². The topological polar surface area (TPSA) is 64.6 Å². The van der Waals surface area contributed by atoms with E-state index in [1.807, 2.05) is 0 Å². The van der Waals surface area contributed by atoms with E-state index in [9.17, 15) is 22.8 Å². The van der Waals surface area contributed by atoms with E-state index in [4.69, 9.17) is 4.74 Å². The van der Waals surface area contributed by atoms with Gasteiger partial charge in [-0.3, -0.25) is 4.79 Å². The zero-order chi connectivity index (χ0) is 19.3. The van der Waals surface area contributed by atoms with Crippen molar-refractivity contribution in [2.45, 2.75) is 13.1 Å². The Balaban J connectivity index is 2.08. The molecule has 0 aliphatic carbocycles. The van der Waals surface area contributed by atoms with Gasteiger partial charge in [0.15, 0.2) is 6.61 Å². The summed E-state index contributed by atoms with van der Waals surface area (Å²) in [5, 5.41) is 2.52. The SMILES string of the molecule is COC(=O)c1cccc(C)c1NC(=O)COc1cccc(C(F)(F)F)c1. The number of hydrogen-bond acceptors (Lipinski definition) is 4. The number of carbonyl (C=O) groups excluding carboxylic acids is 2. The van der Waals surface area contributed by atoms with Crippen molar-refractivity contribution in [3.63, 3.8) is 0 Å². The fraction of sp³-hybridized carbons (Fsp3) is 0.222. The molecule has 2 aromatic rings. The Morgan fingerprint density at radius 2 is 1.81 bits per heavy atom. The van der Waals surface area contributed by atoms with E-state index in [1.165, 1.54) is 25.3 Å². The first kappa shape index (κ1) is 19.3. The monoisotopic (exact) mass is 367 g/mol. The molecule has 0 heterocycles. The summed E-state index contributed by atoms with van der Waals surface area (Å²) in [6.45, 7) is 1.17. The number of alkyl halides is 3. The van der Waals surface area contributed by atoms with E-state index in [0.29, 0.717) is 5.56 Å². The summed E-state index contributed by atoms with van der Waals surface area (Å²) in [4.78, 5) is 23.8. The van der Waals surface area contributed by atoms with Gasteiger partial charge in [0.05, 0.1) is 23.9 Å². The number of anilines is 1. The minimum atomic E-state index is -4.50. The minimum absolute atomic E-state index is 0.0899. The minimum Gasteiger partial charge on any atom is -0.484 e. The Kier molecular flexibility index (Phi) is 5.86. The van der Waals surface area contributed by atoms with Gasteiger partial charge >= 0.3 is 12.1 Å². The second kappa shape index (κ2) is 7.90. The average Bonchev–Trinajstić information content (AvgIpc) is 2.60. The molecule has 1 amide bonds. The van der Waals surface area contributed by atoms with Crippen molar-refractivity contribution in [1.82, 2.24) is 0 Å². The summed E-state index contributed by atoms with van der Waals surface area (Å²) in [6.07, 6.45) is -4.50. The van der Waals surface area contributed by atoms with Crippen molar-refractivity contribution < 1.29 is 32.2 Å². The molecule has 0 saturated carbocycles. The van der Waals surface area contributed by atoms with Crippen LogP contribution >= 0.6 is 0 Å². The fourth-order valence-corrected chi connectivity index (χ4v) is 2.20. The molecule has 0 aliphatic heterocycles. The fourth-order valence-electron chi connectivity index (χ4n) is 2.20. The van der Waals surface area contributed by atoms with Crippen molar-refractivity contribution in [2.75, 3.05) is 19.0 Å². The van der Waals surface area contributed by atoms with Gasteiger partial charge < -0.3 is 14.8 Å². The summed E-state index contributed by atoms with van der Waals surface area (Å²) in [5.41, 5.74) is 0.180. The van der Waals surface area contributed by atoms with Crippen LogP contribution < -0.4 is 10.1 Å². The van der Waals surface area contributed by atoms with Gasteiger partial charge in [0, 0.05) is 0 Å². The Hall–Kier alpha value is -3.03. The van der Waals surface area contributed by atoms with Crippen LogP contribution in [0.5, 0.6) is 5.75 Å². The number of amides is 1. The summed E-state index contributed by atoms with van der Waals surface area (Å²) in [5.74, 6) is -1.34. The molecule has 5 nitrogen and oxygen atoms in total. The summed E-state index contributed by atoms with van der Waals surface area (Å²) < 4.78 is 47.8. The van der Waals surface area contributed by atoms with Gasteiger partial charge in [-0.05, 0) is 36.8 Å². The molecule has 0 atom stereocenters. The highest BCUT2D eigenvalue weighted by Crippen LogP contribution is 2.31. The number of carbonyl (C=O) groups is 2. The van der Waals surface area contributed by atoms with E-state index in [1.54, 1.807) is 19.1 Å². The Morgan fingerprint density at radius 3 is 2.46 bits per heavy atom. The molecular formula is C18H16F3NO4. The molecule has 2 rings (SSSR count). The highest BCUT2D eigenvalue weighted by Gasteiger charge is 2.30. The lowest BCUT2D eigenvalue weighted by atomic mass is 10.1. The molecule has 0 unspecified atom stereocenters. The Labute approximate surface area is 147 Å². The highest BCUT2D eigenvalue weighted by atomic mass is 19.4. The zero-order valence-corrected chi connectivity index (χ0v) is 14.0. The predicted octanol–water partition coefficient (Wildman–Crippen LogP) is 3.82. The van der Waals surface area contributed by atoms with Crippen LogP contribution in [-0.2, 0) is 15.7 Å². The summed E-state index contributed by atoms with van der Waals surface area (Å²) >= 11 is 0. The molecule has 1 N–H and O–H groups in total. The number of esters is 1. The van der Waals surface area contributed by atoms with E-state index in [2.05, 4.69) is 10.1 Å². The molecule has 0 aliphatic rings. The van der Waals surface area contributed by atoms with Crippen LogP contribution in [0.4, 0.5) is 18.9 Å². The third-order valence-corrected chi connectivity index (χ3v) is 3.47. The van der Waals surface area contributed by atoms with Gasteiger partial charge in [-0.15, -0.1) is 0 Å². The highest BCUT2D eigenvalue weighted by molar-refractivity contribution is 6.02. The molecule has 8 heteroatoms. The second-order valence-electron chi connectivity index (χ2n) is 5.35. The molecule has 0 fully saturated rings. The van der Waals surface area contributed by atoms with Crippen LogP contribution in [-0.4, -0.2) is 25.6 Å². The number of ether oxygens (including phenoxy) is 2. The third kappa shape index (κ3) is 4.75. The maximum atomic E-state index is 12.7. The van der Waals surface area contributed by atoms with E-state index in [-0.39, 0.29) is 17.0 Å². The number of aryl methyl sites for hydroxylation is 1. The average molecular weight is 367 g/mol. The number of benzene rings is 2. The van der Waals surface area contributed by atoms with Crippen LogP contribution in [0.3, 0.4) is 0 Å². The quantitative estimate of drug-likeness (QED) is 0.816. The van der Waals surface area contributed by atoms with Crippen molar-refractivity contribution in [3.05, 3.63) is 59.2 Å². The van der Waals surface area contributed by atoms with Crippen molar-refractivity contribution in [3.8, 4) is 5.75 Å². The lowest BCUT2D eigenvalue weighted by molar-refractivity contribution is -0.137. The summed E-state index contributed by atoms with van der Waals surface area (Å²) in [7, 11) is 1.22. The summed E-state index contributed by atoms with van der Waals surface area (Å²) in [6, 6.07) is 9.03. The maximum absolute atomic E-state index is 12.7. The molecule has 0 spiro atoms. The van der Waals surface area contributed by atoms with E-state index < -0.39 is 30.2 Å². The normalized spacial score (nSPS) is 11.0. The van der Waals surface area contributed by atoms with Crippen molar-refractivity contribution in [2.24, 2.45) is 0 Å². The van der Waals surface area contributed by atoms with Crippen molar-refractivity contribution in [1.29, 1.82) is 0 Å². The van der Waals surface area contributed by atoms with Gasteiger partial charge in [-0.2, -0.15) is 13.2 Å². The lowest BCUT2D eigenvalue weighted by Crippen LogP contribution is -2.22. The molecule has 0 radical (unpaired) electrons. The third-order valence-electron chi connectivity index (χ3n) is 3.47. The number of nitrogens with one attached hydrogen (secondary N) is 1. The molecule has 0 bridgehead atoms. The van der Waals surface area contributed by atoms with E-state index >= 15 is 0 Å². The Bertz CT molecular complexity index is 818. The number of halogens is 3. The van der Waals surface area contributed by atoms with Crippen LogP contribution in [0, 0.1) is 6.92 Å². The molecule has 2 aromatic carbocycles. The van der Waals surface area contributed by atoms with Crippen molar-refractivity contribution >= 4 is 17.6 Å². The number of para-hydroxylation sites is 1. The second-order valence-corrected chi connectivity index (χ2v) is 5.35. The molecule has 0 saturated heterocycles. The molecule has 26 heavy (non-hydrogen) atoms. The number of rotatable bonds is 5. The number of hydrogen-bond donors (Lipinski definition) is 1. The predicted molar refractivity (Wildman–Crippen MR) is 88.1 cm³/mol. The van der Waals surface area contributed by atoms with Gasteiger partial charge in [0.1, 0.15) is 5.75 Å². The standard InChI is InChI=1S/C18H16F3NO4/c1-11-5-3-8-14(17(24)25-2)16(11)22-15(23)10-26-13-7-4-6-12(9-13)18(19,20)21/h3-9H,10H2,1-2H3,(H,22,23). The first-order chi connectivity index (χ1) is 12.2. The Morgan fingerprint density at radius 1 is 1.12 bits per heavy atom.